The third-order valence-corrected chi connectivity index (χ3v) is 5.49. The first-order chi connectivity index (χ1) is 15.4. The standard InChI is InChI=1S/C24H21Cl3N2O3/c1-3-31-22-12-17(13-28-29-24(30)18-7-5-4-6-15(18)2)11-21(27)23(22)32-14-16-8-9-19(25)20(26)10-16/h4-13H,3,14H2,1-2H3,(H,29,30)/b28-13-. The van der Waals surface area contributed by atoms with Gasteiger partial charge in [0.15, 0.2) is 11.5 Å². The van der Waals surface area contributed by atoms with Crippen molar-refractivity contribution in [2.75, 3.05) is 6.61 Å². The van der Waals surface area contributed by atoms with Gasteiger partial charge in [-0.15, -0.1) is 0 Å². The summed E-state index contributed by atoms with van der Waals surface area (Å²) in [6.45, 7) is 4.38. The van der Waals surface area contributed by atoms with Gasteiger partial charge in [0, 0.05) is 5.56 Å². The first kappa shape index (κ1) is 23.9. The molecule has 0 unspecified atom stereocenters. The number of hydrazone groups is 1. The zero-order chi connectivity index (χ0) is 23.1. The number of nitrogens with one attached hydrogen (secondary N) is 1. The molecule has 3 aromatic carbocycles. The van der Waals surface area contributed by atoms with Gasteiger partial charge in [-0.2, -0.15) is 5.10 Å². The van der Waals surface area contributed by atoms with Crippen LogP contribution in [0.2, 0.25) is 15.1 Å². The molecule has 166 valence electrons. The number of hydrogen-bond acceptors (Lipinski definition) is 4. The van der Waals surface area contributed by atoms with Crippen LogP contribution >= 0.6 is 34.8 Å². The lowest BCUT2D eigenvalue weighted by Gasteiger charge is -2.14. The summed E-state index contributed by atoms with van der Waals surface area (Å²) in [5, 5.41) is 5.31. The normalized spacial score (nSPS) is 10.9. The monoisotopic (exact) mass is 490 g/mol. The summed E-state index contributed by atoms with van der Waals surface area (Å²) in [6, 6.07) is 16.0. The van der Waals surface area contributed by atoms with Crippen molar-refractivity contribution in [1.29, 1.82) is 0 Å². The molecule has 0 fully saturated rings. The molecular weight excluding hydrogens is 471 g/mol. The number of amides is 1. The van der Waals surface area contributed by atoms with Gasteiger partial charge >= 0.3 is 0 Å². The molecule has 0 saturated carbocycles. The number of aryl methyl sites for hydroxylation is 1. The van der Waals surface area contributed by atoms with Crippen LogP contribution in [0.1, 0.15) is 34.0 Å². The summed E-state index contributed by atoms with van der Waals surface area (Å²) in [6.07, 6.45) is 1.49. The third kappa shape index (κ3) is 6.16. The Labute approximate surface area is 201 Å². The van der Waals surface area contributed by atoms with Crippen molar-refractivity contribution in [2.24, 2.45) is 5.10 Å². The lowest BCUT2D eigenvalue weighted by Crippen LogP contribution is -2.18. The molecule has 0 heterocycles. The predicted octanol–water partition coefficient (Wildman–Crippen LogP) is 6.70. The van der Waals surface area contributed by atoms with Crippen molar-refractivity contribution in [3.8, 4) is 11.5 Å². The van der Waals surface area contributed by atoms with E-state index in [1.54, 1.807) is 36.4 Å². The zero-order valence-electron chi connectivity index (χ0n) is 17.5. The van der Waals surface area contributed by atoms with Crippen LogP contribution in [0.25, 0.3) is 0 Å². The number of nitrogens with zero attached hydrogens (tertiary/aromatic N) is 1. The van der Waals surface area contributed by atoms with Crippen LogP contribution in [-0.2, 0) is 6.61 Å². The third-order valence-electron chi connectivity index (χ3n) is 4.47. The van der Waals surface area contributed by atoms with Gasteiger partial charge in [-0.1, -0.05) is 59.1 Å². The van der Waals surface area contributed by atoms with Crippen LogP contribution in [-0.4, -0.2) is 18.7 Å². The second kappa shape index (κ2) is 11.2. The van der Waals surface area contributed by atoms with E-state index >= 15 is 0 Å². The number of hydrogen-bond donors (Lipinski definition) is 1. The molecule has 1 amide bonds. The summed E-state index contributed by atoms with van der Waals surface area (Å²) in [7, 11) is 0. The molecule has 0 atom stereocenters. The van der Waals surface area contributed by atoms with Crippen molar-refractivity contribution in [3.05, 3.63) is 91.9 Å². The van der Waals surface area contributed by atoms with Crippen molar-refractivity contribution in [1.82, 2.24) is 5.43 Å². The second-order valence-electron chi connectivity index (χ2n) is 6.81. The first-order valence-electron chi connectivity index (χ1n) is 9.81. The maximum absolute atomic E-state index is 12.3. The van der Waals surface area contributed by atoms with E-state index in [1.807, 2.05) is 32.0 Å². The molecule has 1 N–H and O–H groups in total. The van der Waals surface area contributed by atoms with E-state index < -0.39 is 0 Å². The van der Waals surface area contributed by atoms with Crippen molar-refractivity contribution in [2.45, 2.75) is 20.5 Å². The number of carbonyl (C=O) groups is 1. The molecule has 0 aliphatic carbocycles. The maximum Gasteiger partial charge on any atom is 0.271 e. The predicted molar refractivity (Wildman–Crippen MR) is 130 cm³/mol. The lowest BCUT2D eigenvalue weighted by atomic mass is 10.1. The molecular formula is C24H21Cl3N2O3. The van der Waals surface area contributed by atoms with Crippen LogP contribution in [0.5, 0.6) is 11.5 Å². The molecule has 32 heavy (non-hydrogen) atoms. The Morgan fingerprint density at radius 3 is 2.50 bits per heavy atom. The molecule has 3 rings (SSSR count). The van der Waals surface area contributed by atoms with E-state index in [9.17, 15) is 4.79 Å². The van der Waals surface area contributed by atoms with Gasteiger partial charge in [0.05, 0.1) is 27.9 Å². The smallest absolute Gasteiger partial charge is 0.271 e. The number of benzene rings is 3. The van der Waals surface area contributed by atoms with Gasteiger partial charge < -0.3 is 9.47 Å². The van der Waals surface area contributed by atoms with Crippen molar-refractivity contribution >= 4 is 46.9 Å². The van der Waals surface area contributed by atoms with E-state index in [0.29, 0.717) is 44.3 Å². The van der Waals surface area contributed by atoms with E-state index in [2.05, 4.69) is 10.5 Å². The molecule has 0 saturated heterocycles. The average Bonchev–Trinajstić information content (AvgIpc) is 2.76. The van der Waals surface area contributed by atoms with Gasteiger partial charge in [0.2, 0.25) is 0 Å². The minimum atomic E-state index is -0.294. The van der Waals surface area contributed by atoms with Crippen LogP contribution in [0.4, 0.5) is 0 Å². The van der Waals surface area contributed by atoms with Gasteiger partial charge in [-0.25, -0.2) is 5.43 Å². The summed E-state index contributed by atoms with van der Waals surface area (Å²) in [5.74, 6) is 0.574. The molecule has 0 aliphatic rings. The number of carbonyl (C=O) groups excluding carboxylic acids is 1. The van der Waals surface area contributed by atoms with Gasteiger partial charge in [-0.05, 0) is 60.9 Å². The van der Waals surface area contributed by atoms with E-state index in [0.717, 1.165) is 11.1 Å². The summed E-state index contributed by atoms with van der Waals surface area (Å²) in [5.41, 5.74) is 5.43. The lowest BCUT2D eigenvalue weighted by molar-refractivity contribution is 0.0954. The Bertz CT molecular complexity index is 1150. The number of halogens is 3. The number of rotatable bonds is 8. The molecule has 0 spiro atoms. The highest BCUT2D eigenvalue weighted by Crippen LogP contribution is 2.37. The Hall–Kier alpha value is -2.73. The Morgan fingerprint density at radius 1 is 1.00 bits per heavy atom. The molecule has 0 aliphatic heterocycles. The van der Waals surface area contributed by atoms with E-state index in [-0.39, 0.29) is 12.5 Å². The van der Waals surface area contributed by atoms with Gasteiger partial charge in [0.1, 0.15) is 6.61 Å². The zero-order valence-corrected chi connectivity index (χ0v) is 19.8. The van der Waals surface area contributed by atoms with Crippen molar-refractivity contribution < 1.29 is 14.3 Å². The Kier molecular flexibility index (Phi) is 8.39. The topological polar surface area (TPSA) is 59.9 Å². The molecule has 5 nitrogen and oxygen atoms in total. The van der Waals surface area contributed by atoms with Crippen LogP contribution < -0.4 is 14.9 Å². The molecule has 0 aromatic heterocycles. The minimum absolute atomic E-state index is 0.233. The SMILES string of the molecule is CCOc1cc(/C=N\NC(=O)c2ccccc2C)cc(Cl)c1OCc1ccc(Cl)c(Cl)c1. The van der Waals surface area contributed by atoms with Gasteiger partial charge in [0.25, 0.3) is 5.91 Å². The van der Waals surface area contributed by atoms with Crippen LogP contribution in [0, 0.1) is 6.92 Å². The van der Waals surface area contributed by atoms with Crippen molar-refractivity contribution in [3.63, 3.8) is 0 Å². The Morgan fingerprint density at radius 2 is 1.78 bits per heavy atom. The van der Waals surface area contributed by atoms with E-state index in [1.165, 1.54) is 6.21 Å². The fourth-order valence-electron chi connectivity index (χ4n) is 2.90. The molecule has 8 heteroatoms. The average molecular weight is 492 g/mol. The minimum Gasteiger partial charge on any atom is -0.490 e. The van der Waals surface area contributed by atoms with Crippen LogP contribution in [0.3, 0.4) is 0 Å². The van der Waals surface area contributed by atoms with E-state index in [4.69, 9.17) is 44.3 Å². The highest BCUT2D eigenvalue weighted by molar-refractivity contribution is 6.42. The second-order valence-corrected chi connectivity index (χ2v) is 8.04. The summed E-state index contributed by atoms with van der Waals surface area (Å²) >= 11 is 18.5. The summed E-state index contributed by atoms with van der Waals surface area (Å²) in [4.78, 5) is 12.3. The highest BCUT2D eigenvalue weighted by Gasteiger charge is 2.13. The Balaban J connectivity index is 1.74. The molecule has 0 radical (unpaired) electrons. The van der Waals surface area contributed by atoms with Gasteiger partial charge in [-0.3, -0.25) is 4.79 Å². The number of ether oxygens (including phenoxy) is 2. The fourth-order valence-corrected chi connectivity index (χ4v) is 3.50. The highest BCUT2D eigenvalue weighted by atomic mass is 35.5. The molecule has 0 bridgehead atoms. The van der Waals surface area contributed by atoms with Crippen LogP contribution in [0.15, 0.2) is 59.7 Å². The largest absolute Gasteiger partial charge is 0.490 e. The quantitative estimate of drug-likeness (QED) is 0.282. The molecule has 3 aromatic rings. The summed E-state index contributed by atoms with van der Waals surface area (Å²) < 4.78 is 11.6. The fraction of sp³-hybridized carbons (Fsp3) is 0.167. The maximum atomic E-state index is 12.3. The first-order valence-corrected chi connectivity index (χ1v) is 10.9.